The van der Waals surface area contributed by atoms with Crippen LogP contribution in [0.25, 0.3) is 0 Å². The molecule has 0 aliphatic carbocycles. The van der Waals surface area contributed by atoms with Crippen molar-refractivity contribution in [2.75, 3.05) is 17.3 Å². The SMILES string of the molecule is CCCCCCC(=O)C[S+]1CCC(=O)CC1.O=S(=O)([O-])C(F)(F)F. The Morgan fingerprint density at radius 3 is 2.08 bits per heavy atom. The van der Waals surface area contributed by atoms with Crippen molar-refractivity contribution in [3.8, 4) is 0 Å². The molecule has 0 aromatic carbocycles. The number of halogens is 3. The molecule has 142 valence electrons. The molecular weight excluding hydrogens is 369 g/mol. The first kappa shape index (κ1) is 23.4. The van der Waals surface area contributed by atoms with Crippen molar-refractivity contribution in [2.45, 2.75) is 57.4 Å². The zero-order valence-electron chi connectivity index (χ0n) is 13.6. The molecule has 0 bridgehead atoms. The molecule has 1 heterocycles. The van der Waals surface area contributed by atoms with Gasteiger partial charge in [-0.1, -0.05) is 26.2 Å². The fraction of sp³-hybridized carbons (Fsp3) is 0.857. The average molecular weight is 392 g/mol. The van der Waals surface area contributed by atoms with E-state index in [9.17, 15) is 22.8 Å². The topological polar surface area (TPSA) is 91.3 Å². The molecular formula is C14H23F3O5S2. The minimum absolute atomic E-state index is 0.227. The fourth-order valence-corrected chi connectivity index (χ4v) is 4.06. The van der Waals surface area contributed by atoms with Gasteiger partial charge in [0.15, 0.2) is 21.7 Å². The van der Waals surface area contributed by atoms with Gasteiger partial charge in [-0.2, -0.15) is 13.2 Å². The molecule has 24 heavy (non-hydrogen) atoms. The van der Waals surface area contributed by atoms with Crippen LogP contribution in [-0.2, 0) is 30.6 Å². The van der Waals surface area contributed by atoms with Crippen LogP contribution in [0, 0.1) is 0 Å². The van der Waals surface area contributed by atoms with E-state index in [2.05, 4.69) is 6.92 Å². The van der Waals surface area contributed by atoms with Crippen LogP contribution in [0.2, 0.25) is 0 Å². The van der Waals surface area contributed by atoms with E-state index < -0.39 is 15.6 Å². The van der Waals surface area contributed by atoms with Crippen molar-refractivity contribution in [3.63, 3.8) is 0 Å². The minimum Gasteiger partial charge on any atom is -0.741 e. The van der Waals surface area contributed by atoms with Crippen molar-refractivity contribution < 1.29 is 35.7 Å². The van der Waals surface area contributed by atoms with Crippen LogP contribution in [0.4, 0.5) is 13.2 Å². The Morgan fingerprint density at radius 2 is 1.67 bits per heavy atom. The van der Waals surface area contributed by atoms with Gasteiger partial charge in [-0.05, 0) is 17.3 Å². The van der Waals surface area contributed by atoms with E-state index in [-0.39, 0.29) is 10.9 Å². The predicted octanol–water partition coefficient (Wildman–Crippen LogP) is 2.56. The Morgan fingerprint density at radius 1 is 1.17 bits per heavy atom. The van der Waals surface area contributed by atoms with Crippen molar-refractivity contribution in [3.05, 3.63) is 0 Å². The van der Waals surface area contributed by atoms with Gasteiger partial charge in [0.25, 0.3) is 0 Å². The van der Waals surface area contributed by atoms with E-state index in [0.717, 1.165) is 30.1 Å². The lowest BCUT2D eigenvalue weighted by Gasteiger charge is -2.12. The quantitative estimate of drug-likeness (QED) is 0.287. The lowest BCUT2D eigenvalue weighted by atomic mass is 10.1. The zero-order valence-corrected chi connectivity index (χ0v) is 15.2. The first-order valence-corrected chi connectivity index (χ1v) is 10.8. The Labute approximate surface area is 143 Å². The maximum Gasteiger partial charge on any atom is 0.485 e. The summed E-state index contributed by atoms with van der Waals surface area (Å²) in [5.74, 6) is 3.51. The molecule has 0 radical (unpaired) electrons. The van der Waals surface area contributed by atoms with Gasteiger partial charge in [0.1, 0.15) is 17.3 Å². The van der Waals surface area contributed by atoms with Crippen molar-refractivity contribution in [1.29, 1.82) is 0 Å². The number of ketones is 2. The standard InChI is InChI=1S/C13H23O2S.CHF3O3S/c1-2-3-4-5-6-13(15)11-16-9-7-12(14)8-10-16;2-1(3,4)8(5,6)7/h2-11H2,1H3;(H,5,6,7)/q+1;/p-1. The summed E-state index contributed by atoms with van der Waals surface area (Å²) >= 11 is 0. The van der Waals surface area contributed by atoms with Crippen LogP contribution in [0.3, 0.4) is 0 Å². The second-order valence-corrected chi connectivity index (χ2v) is 9.15. The van der Waals surface area contributed by atoms with Crippen LogP contribution in [0.5, 0.6) is 0 Å². The van der Waals surface area contributed by atoms with Gasteiger partial charge in [-0.3, -0.25) is 9.59 Å². The fourth-order valence-electron chi connectivity index (χ4n) is 1.94. The van der Waals surface area contributed by atoms with E-state index in [4.69, 9.17) is 13.0 Å². The highest BCUT2D eigenvalue weighted by Gasteiger charge is 2.36. The second-order valence-electron chi connectivity index (χ2n) is 5.45. The molecule has 10 heteroatoms. The monoisotopic (exact) mass is 392 g/mol. The molecule has 1 rings (SSSR count). The van der Waals surface area contributed by atoms with Crippen molar-refractivity contribution in [2.24, 2.45) is 0 Å². The Balaban J connectivity index is 0.000000561. The third-order valence-corrected chi connectivity index (χ3v) is 6.16. The molecule has 0 amide bonds. The Hall–Kier alpha value is -0.610. The normalized spacial score (nSPS) is 16.5. The largest absolute Gasteiger partial charge is 0.741 e. The first-order valence-electron chi connectivity index (χ1n) is 7.67. The maximum absolute atomic E-state index is 11.7. The summed E-state index contributed by atoms with van der Waals surface area (Å²) < 4.78 is 58.9. The van der Waals surface area contributed by atoms with Gasteiger partial charge in [0.05, 0.1) is 12.8 Å². The van der Waals surface area contributed by atoms with Crippen LogP contribution >= 0.6 is 0 Å². The zero-order chi connectivity index (χ0) is 18.8. The molecule has 0 spiro atoms. The van der Waals surface area contributed by atoms with Gasteiger partial charge in [0, 0.05) is 6.42 Å². The summed E-state index contributed by atoms with van der Waals surface area (Å²) in [6.07, 6.45) is 6.90. The van der Waals surface area contributed by atoms with E-state index in [1.54, 1.807) is 0 Å². The number of Topliss-reactive ketones (excluding diaryl/α,β-unsaturated/α-hetero) is 2. The number of carbonyl (C=O) groups excluding carboxylic acids is 2. The summed E-state index contributed by atoms with van der Waals surface area (Å²) in [7, 11) is -5.86. The smallest absolute Gasteiger partial charge is 0.485 e. The lowest BCUT2D eigenvalue weighted by molar-refractivity contribution is -0.119. The molecule has 0 atom stereocenters. The molecule has 0 aromatic rings. The van der Waals surface area contributed by atoms with Gasteiger partial charge < -0.3 is 4.55 Å². The number of unbranched alkanes of at least 4 members (excludes halogenated alkanes) is 3. The molecule has 1 aliphatic heterocycles. The third kappa shape index (κ3) is 11.0. The molecule has 0 aromatic heterocycles. The summed E-state index contributed by atoms with van der Waals surface area (Å²) in [6, 6.07) is 0. The van der Waals surface area contributed by atoms with Crippen LogP contribution in [-0.4, -0.2) is 47.3 Å². The number of carbonyl (C=O) groups is 2. The Bertz CT molecular complexity index is 493. The van der Waals surface area contributed by atoms with E-state index in [1.807, 2.05) is 0 Å². The van der Waals surface area contributed by atoms with Gasteiger partial charge in [-0.25, -0.2) is 8.42 Å². The second kappa shape index (κ2) is 11.1. The van der Waals surface area contributed by atoms with E-state index in [0.29, 0.717) is 24.4 Å². The summed E-state index contributed by atoms with van der Waals surface area (Å²) in [4.78, 5) is 22.7. The molecule has 0 saturated carbocycles. The van der Waals surface area contributed by atoms with Gasteiger partial charge in [0.2, 0.25) is 0 Å². The molecule has 1 fully saturated rings. The van der Waals surface area contributed by atoms with Crippen molar-refractivity contribution >= 4 is 32.6 Å². The molecule has 1 saturated heterocycles. The summed E-state index contributed by atoms with van der Waals surface area (Å²) in [6.45, 7) is 2.18. The summed E-state index contributed by atoms with van der Waals surface area (Å²) in [5.41, 5.74) is -5.65. The molecule has 5 nitrogen and oxygen atoms in total. The third-order valence-electron chi connectivity index (χ3n) is 3.30. The maximum atomic E-state index is 11.7. The van der Waals surface area contributed by atoms with Crippen LogP contribution < -0.4 is 0 Å². The highest BCUT2D eigenvalue weighted by molar-refractivity contribution is 7.97. The van der Waals surface area contributed by atoms with E-state index >= 15 is 0 Å². The molecule has 1 aliphatic rings. The number of alkyl halides is 3. The summed E-state index contributed by atoms with van der Waals surface area (Å²) in [5, 5.41) is 0. The lowest BCUT2D eigenvalue weighted by Crippen LogP contribution is -2.29. The molecule has 0 unspecified atom stereocenters. The predicted molar refractivity (Wildman–Crippen MR) is 85.7 cm³/mol. The minimum atomic E-state index is -6.09. The van der Waals surface area contributed by atoms with Gasteiger partial charge in [-0.15, -0.1) is 0 Å². The first-order chi connectivity index (χ1) is 11.0. The van der Waals surface area contributed by atoms with Crippen molar-refractivity contribution in [1.82, 2.24) is 0 Å². The number of rotatable bonds is 7. The van der Waals surface area contributed by atoms with Crippen LogP contribution in [0.15, 0.2) is 0 Å². The number of hydrogen-bond acceptors (Lipinski definition) is 5. The highest BCUT2D eigenvalue weighted by atomic mass is 32.2. The van der Waals surface area contributed by atoms with Gasteiger partial charge >= 0.3 is 5.51 Å². The van der Waals surface area contributed by atoms with Crippen LogP contribution in [0.1, 0.15) is 51.9 Å². The average Bonchev–Trinajstić information content (AvgIpc) is 2.45. The Kier molecular flexibility index (Phi) is 10.8. The molecule has 0 N–H and O–H groups in total. The number of hydrogen-bond donors (Lipinski definition) is 0. The highest BCUT2D eigenvalue weighted by Crippen LogP contribution is 2.20. The van der Waals surface area contributed by atoms with E-state index in [1.165, 1.54) is 19.3 Å².